The van der Waals surface area contributed by atoms with Crippen LogP contribution in [-0.2, 0) is 9.09 Å². The predicted octanol–water partition coefficient (Wildman–Crippen LogP) is 3.75. The third-order valence-corrected chi connectivity index (χ3v) is 4.45. The molecule has 25 heavy (non-hydrogen) atoms. The second-order valence-corrected chi connectivity index (χ2v) is 8.74. The molecule has 0 saturated heterocycles. The van der Waals surface area contributed by atoms with Crippen molar-refractivity contribution in [1.82, 2.24) is 0 Å². The summed E-state index contributed by atoms with van der Waals surface area (Å²) in [5.74, 6) is 0. The molecule has 0 aromatic heterocycles. The van der Waals surface area contributed by atoms with E-state index in [0.717, 1.165) is 32.1 Å². The first-order valence-electron chi connectivity index (χ1n) is 9.17. The third kappa shape index (κ3) is 19.6. The highest BCUT2D eigenvalue weighted by atomic mass is 31.2. The molecule has 1 N–H and O–H groups in total. The number of azide groups is 1. The SMILES string of the molecule is C[N+](C)(C)CC(CCCCCCCCCCCN=[N+]=[N-])OP(=O)([O-])O. The fraction of sp³-hybridized carbons (Fsp3) is 1.00. The zero-order valence-electron chi connectivity index (χ0n) is 16.0. The van der Waals surface area contributed by atoms with Crippen LogP contribution in [0.15, 0.2) is 5.11 Å². The van der Waals surface area contributed by atoms with Crippen molar-refractivity contribution < 1.29 is 23.4 Å². The van der Waals surface area contributed by atoms with Crippen LogP contribution in [0, 0.1) is 0 Å². The van der Waals surface area contributed by atoms with E-state index in [4.69, 9.17) is 14.9 Å². The summed E-state index contributed by atoms with van der Waals surface area (Å²) in [5, 5.41) is 3.51. The van der Waals surface area contributed by atoms with Crippen LogP contribution in [0.3, 0.4) is 0 Å². The van der Waals surface area contributed by atoms with Gasteiger partial charge in [-0.05, 0) is 18.4 Å². The number of hydrogen-bond donors (Lipinski definition) is 1. The summed E-state index contributed by atoms with van der Waals surface area (Å²) in [4.78, 5) is 22.6. The predicted molar refractivity (Wildman–Crippen MR) is 97.8 cm³/mol. The van der Waals surface area contributed by atoms with E-state index in [9.17, 15) is 9.46 Å². The molecule has 0 aliphatic carbocycles. The van der Waals surface area contributed by atoms with Gasteiger partial charge in [0.1, 0.15) is 12.6 Å². The fourth-order valence-corrected chi connectivity index (χ4v) is 3.36. The molecule has 0 bridgehead atoms. The molecular formula is C16H35N4O4P. The minimum atomic E-state index is -4.68. The number of unbranched alkanes of at least 4 members (excludes halogenated alkanes) is 8. The number of nitrogens with zero attached hydrogens (tertiary/aromatic N) is 4. The van der Waals surface area contributed by atoms with Gasteiger partial charge in [-0.2, -0.15) is 0 Å². The topological polar surface area (TPSA) is 118 Å². The van der Waals surface area contributed by atoms with Gasteiger partial charge >= 0.3 is 0 Å². The Morgan fingerprint density at radius 1 is 1.08 bits per heavy atom. The van der Waals surface area contributed by atoms with Crippen molar-refractivity contribution in [2.24, 2.45) is 5.11 Å². The highest BCUT2D eigenvalue weighted by Gasteiger charge is 2.22. The lowest BCUT2D eigenvalue weighted by Gasteiger charge is -2.31. The summed E-state index contributed by atoms with van der Waals surface area (Å²) in [5.41, 5.74) is 8.16. The quantitative estimate of drug-likeness (QED) is 0.110. The van der Waals surface area contributed by atoms with Crippen LogP contribution in [0.1, 0.15) is 64.2 Å². The molecule has 0 spiro atoms. The molecule has 0 fully saturated rings. The van der Waals surface area contributed by atoms with Crippen molar-refractivity contribution in [2.45, 2.75) is 70.3 Å². The van der Waals surface area contributed by atoms with Crippen LogP contribution >= 0.6 is 7.82 Å². The summed E-state index contributed by atoms with van der Waals surface area (Å²) < 4.78 is 16.4. The molecule has 0 radical (unpaired) electrons. The van der Waals surface area contributed by atoms with Crippen molar-refractivity contribution in [3.8, 4) is 0 Å². The standard InChI is InChI=1S/C16H35N4O4P/c1-20(2,3)15-16(24-25(21,22)23)13-11-9-7-5-4-6-8-10-12-14-18-19-17/h16H,4-15H2,1-3H3,(H-,21,22,23). The van der Waals surface area contributed by atoms with Gasteiger partial charge in [0, 0.05) is 11.5 Å². The third-order valence-electron chi connectivity index (χ3n) is 3.88. The van der Waals surface area contributed by atoms with Gasteiger partial charge in [-0.15, -0.1) is 0 Å². The van der Waals surface area contributed by atoms with Crippen molar-refractivity contribution in [3.63, 3.8) is 0 Å². The molecule has 0 aliphatic rings. The normalized spacial score (nSPS) is 15.4. The maximum absolute atomic E-state index is 11.0. The highest BCUT2D eigenvalue weighted by Crippen LogP contribution is 2.34. The first-order valence-corrected chi connectivity index (χ1v) is 10.7. The molecule has 0 aliphatic heterocycles. The first kappa shape index (κ1) is 24.4. The summed E-state index contributed by atoms with van der Waals surface area (Å²) in [6.07, 6.45) is 10.1. The summed E-state index contributed by atoms with van der Waals surface area (Å²) in [6.45, 7) is 1.14. The van der Waals surface area contributed by atoms with E-state index in [2.05, 4.69) is 10.0 Å². The van der Waals surface area contributed by atoms with Gasteiger partial charge < -0.3 is 18.8 Å². The Morgan fingerprint density at radius 2 is 1.56 bits per heavy atom. The maximum atomic E-state index is 11.0. The van der Waals surface area contributed by atoms with Crippen LogP contribution in [0.2, 0.25) is 0 Å². The second kappa shape index (κ2) is 13.6. The highest BCUT2D eigenvalue weighted by molar-refractivity contribution is 7.44. The lowest BCUT2D eigenvalue weighted by atomic mass is 10.0. The molecule has 0 heterocycles. The summed E-state index contributed by atoms with van der Waals surface area (Å²) >= 11 is 0. The lowest BCUT2D eigenvalue weighted by molar-refractivity contribution is -0.873. The monoisotopic (exact) mass is 378 g/mol. The molecule has 0 aromatic carbocycles. The van der Waals surface area contributed by atoms with Crippen LogP contribution in [0.5, 0.6) is 0 Å². The van der Waals surface area contributed by atoms with E-state index in [-0.39, 0.29) is 0 Å². The van der Waals surface area contributed by atoms with E-state index in [1.807, 2.05) is 21.1 Å². The van der Waals surface area contributed by atoms with Crippen molar-refractivity contribution in [3.05, 3.63) is 10.4 Å². The van der Waals surface area contributed by atoms with Crippen LogP contribution in [-0.4, -0.2) is 49.7 Å². The molecule has 0 rings (SSSR count). The van der Waals surface area contributed by atoms with Crippen LogP contribution in [0.4, 0.5) is 0 Å². The Bertz CT molecular complexity index is 430. The number of hydrogen-bond acceptors (Lipinski definition) is 4. The zero-order chi connectivity index (χ0) is 19.2. The minimum Gasteiger partial charge on any atom is -0.756 e. The molecule has 2 atom stereocenters. The van der Waals surface area contributed by atoms with E-state index in [1.165, 1.54) is 25.7 Å². The number of rotatable bonds is 16. The summed E-state index contributed by atoms with van der Waals surface area (Å²) in [6, 6.07) is 0. The van der Waals surface area contributed by atoms with Gasteiger partial charge in [-0.3, -0.25) is 4.57 Å². The Labute approximate surface area is 152 Å². The van der Waals surface area contributed by atoms with Crippen LogP contribution in [0.25, 0.3) is 10.4 Å². The molecule has 9 heteroatoms. The van der Waals surface area contributed by atoms with Gasteiger partial charge in [0.2, 0.25) is 0 Å². The Morgan fingerprint density at radius 3 is 2.00 bits per heavy atom. The average molecular weight is 378 g/mol. The van der Waals surface area contributed by atoms with E-state index in [1.54, 1.807) is 0 Å². The molecule has 148 valence electrons. The average Bonchev–Trinajstić information content (AvgIpc) is 2.45. The van der Waals surface area contributed by atoms with E-state index >= 15 is 0 Å². The number of likely N-dealkylation sites (N-methyl/N-ethyl adjacent to an activating group) is 1. The van der Waals surface area contributed by atoms with Crippen molar-refractivity contribution >= 4 is 7.82 Å². The van der Waals surface area contributed by atoms with Gasteiger partial charge in [-0.25, -0.2) is 0 Å². The Hall–Kier alpha value is -0.620. The lowest BCUT2D eigenvalue weighted by Crippen LogP contribution is -2.42. The molecule has 8 nitrogen and oxygen atoms in total. The molecule has 0 aromatic rings. The first-order chi connectivity index (χ1) is 11.6. The van der Waals surface area contributed by atoms with Crippen LogP contribution < -0.4 is 4.89 Å². The summed E-state index contributed by atoms with van der Waals surface area (Å²) in [7, 11) is 1.23. The van der Waals surface area contributed by atoms with Gasteiger partial charge in [-0.1, -0.05) is 56.5 Å². The minimum absolute atomic E-state index is 0.468. The van der Waals surface area contributed by atoms with Gasteiger partial charge in [0.05, 0.1) is 21.1 Å². The van der Waals surface area contributed by atoms with Crippen molar-refractivity contribution in [2.75, 3.05) is 34.2 Å². The van der Waals surface area contributed by atoms with Gasteiger partial charge in [0.25, 0.3) is 7.82 Å². The number of phosphoric ester groups is 1. The maximum Gasteiger partial charge on any atom is 0.265 e. The fourth-order valence-electron chi connectivity index (χ4n) is 2.81. The molecule has 0 saturated carbocycles. The molecule has 2 unspecified atom stereocenters. The molecule has 0 amide bonds. The molecular weight excluding hydrogens is 343 g/mol. The van der Waals surface area contributed by atoms with E-state index in [0.29, 0.717) is 24.0 Å². The largest absolute Gasteiger partial charge is 0.756 e. The zero-order valence-corrected chi connectivity index (χ0v) is 16.9. The Kier molecular flexibility index (Phi) is 13.2. The number of quaternary nitrogens is 1. The van der Waals surface area contributed by atoms with E-state index < -0.39 is 13.9 Å². The second-order valence-electron chi connectivity index (χ2n) is 7.59. The Balaban J connectivity index is 3.71. The smallest absolute Gasteiger partial charge is 0.265 e. The van der Waals surface area contributed by atoms with Gasteiger partial charge in [0.15, 0.2) is 0 Å². The number of phosphoric acid groups is 1. The van der Waals surface area contributed by atoms with Crippen molar-refractivity contribution in [1.29, 1.82) is 0 Å².